The van der Waals surface area contributed by atoms with Gasteiger partial charge in [-0.3, -0.25) is 0 Å². The van der Waals surface area contributed by atoms with Crippen molar-refractivity contribution in [2.45, 2.75) is 88.6 Å². The van der Waals surface area contributed by atoms with Crippen LogP contribution in [0.4, 0.5) is 0 Å². The van der Waals surface area contributed by atoms with Crippen molar-refractivity contribution in [1.29, 1.82) is 0 Å². The Hall–Kier alpha value is -1.19. The SMILES string of the molecule is CCC=C1C2CC3(C(=S)NC4CCC(N)CC4)CC1CC(c1ccccc1)(C2)C3. The van der Waals surface area contributed by atoms with Gasteiger partial charge in [0.25, 0.3) is 0 Å². The van der Waals surface area contributed by atoms with Crippen LogP contribution in [0.1, 0.15) is 76.7 Å². The van der Waals surface area contributed by atoms with Gasteiger partial charge in [0, 0.05) is 17.5 Å². The topological polar surface area (TPSA) is 38.0 Å². The minimum Gasteiger partial charge on any atom is -0.376 e. The van der Waals surface area contributed by atoms with E-state index in [1.807, 2.05) is 0 Å². The quantitative estimate of drug-likeness (QED) is 0.499. The molecule has 3 heteroatoms. The highest BCUT2D eigenvalue weighted by molar-refractivity contribution is 7.80. The van der Waals surface area contributed by atoms with Crippen molar-refractivity contribution in [3.63, 3.8) is 0 Å². The first-order chi connectivity index (χ1) is 14.0. The predicted molar refractivity (Wildman–Crippen MR) is 125 cm³/mol. The first-order valence-corrected chi connectivity index (χ1v) is 12.3. The van der Waals surface area contributed by atoms with E-state index in [0.29, 0.717) is 17.5 Å². The Labute approximate surface area is 181 Å². The second kappa shape index (κ2) is 7.50. The molecule has 2 unspecified atom stereocenters. The standard InChI is InChI=1S/C26H36N2S/c1-2-6-23-18-13-25(20-7-4-3-5-8-20)14-19(23)16-26(15-18,17-25)24(29)28-22-11-9-21(27)10-12-22/h3-8,18-19,21-22H,2,9-17,27H2,1H3,(H,28,29). The van der Waals surface area contributed by atoms with Crippen molar-refractivity contribution in [2.75, 3.05) is 0 Å². The minimum absolute atomic E-state index is 0.196. The molecule has 5 fully saturated rings. The summed E-state index contributed by atoms with van der Waals surface area (Å²) in [5, 5.41) is 3.87. The molecule has 5 aliphatic rings. The Morgan fingerprint density at radius 3 is 2.34 bits per heavy atom. The number of allylic oxidation sites excluding steroid dienone is 2. The van der Waals surface area contributed by atoms with Crippen LogP contribution in [-0.4, -0.2) is 17.1 Å². The maximum Gasteiger partial charge on any atom is 0.0818 e. The number of rotatable bonds is 4. The zero-order chi connectivity index (χ0) is 20.1. The highest BCUT2D eigenvalue weighted by Gasteiger charge is 2.61. The van der Waals surface area contributed by atoms with E-state index in [9.17, 15) is 0 Å². The summed E-state index contributed by atoms with van der Waals surface area (Å²) in [5.41, 5.74) is 9.97. The molecule has 0 amide bonds. The van der Waals surface area contributed by atoms with Crippen molar-refractivity contribution in [1.82, 2.24) is 5.32 Å². The summed E-state index contributed by atoms with van der Waals surface area (Å²) in [6, 6.07) is 12.3. The molecular weight excluding hydrogens is 372 g/mol. The number of thiocarbonyl (C=S) groups is 1. The van der Waals surface area contributed by atoms with Crippen LogP contribution in [0, 0.1) is 17.3 Å². The molecule has 0 aliphatic heterocycles. The molecule has 0 radical (unpaired) electrons. The summed E-state index contributed by atoms with van der Waals surface area (Å²) in [4.78, 5) is 1.18. The zero-order valence-electron chi connectivity index (χ0n) is 17.8. The van der Waals surface area contributed by atoms with E-state index in [1.165, 1.54) is 56.4 Å². The molecule has 1 aromatic carbocycles. The van der Waals surface area contributed by atoms with E-state index in [2.05, 4.69) is 48.6 Å². The van der Waals surface area contributed by atoms with E-state index in [1.54, 1.807) is 11.1 Å². The van der Waals surface area contributed by atoms with Crippen molar-refractivity contribution in [3.8, 4) is 0 Å². The number of benzene rings is 1. The average molecular weight is 409 g/mol. The van der Waals surface area contributed by atoms with Gasteiger partial charge in [0.1, 0.15) is 0 Å². The second-order valence-corrected chi connectivity index (χ2v) is 10.9. The van der Waals surface area contributed by atoms with E-state index in [0.717, 1.165) is 24.7 Å². The third-order valence-corrected chi connectivity index (χ3v) is 9.13. The fourth-order valence-corrected chi connectivity index (χ4v) is 7.91. The number of nitrogens with one attached hydrogen (secondary N) is 1. The summed E-state index contributed by atoms with van der Waals surface area (Å²) in [5.74, 6) is 1.44. The zero-order valence-corrected chi connectivity index (χ0v) is 18.6. The molecule has 5 saturated carbocycles. The van der Waals surface area contributed by atoms with Gasteiger partial charge in [-0.05, 0) is 87.0 Å². The van der Waals surface area contributed by atoms with Gasteiger partial charge in [-0.15, -0.1) is 0 Å². The number of nitrogens with two attached hydrogens (primary N) is 1. The smallest absolute Gasteiger partial charge is 0.0818 e. The lowest BCUT2D eigenvalue weighted by atomic mass is 9.41. The molecular formula is C26H36N2S. The Balaban J connectivity index is 1.44. The normalized spacial score (nSPS) is 40.7. The molecule has 0 aromatic heterocycles. The maximum absolute atomic E-state index is 6.20. The Morgan fingerprint density at radius 2 is 1.72 bits per heavy atom. The van der Waals surface area contributed by atoms with Gasteiger partial charge < -0.3 is 11.1 Å². The molecule has 156 valence electrons. The lowest BCUT2D eigenvalue weighted by molar-refractivity contribution is 0.00540. The molecule has 2 atom stereocenters. The molecule has 0 saturated heterocycles. The molecule has 29 heavy (non-hydrogen) atoms. The lowest BCUT2D eigenvalue weighted by Crippen LogP contribution is -2.60. The van der Waals surface area contributed by atoms with Gasteiger partial charge in [0.05, 0.1) is 4.99 Å². The fraction of sp³-hybridized carbons (Fsp3) is 0.654. The van der Waals surface area contributed by atoms with E-state index >= 15 is 0 Å². The number of hydrogen-bond donors (Lipinski definition) is 2. The van der Waals surface area contributed by atoms with Gasteiger partial charge in [0.15, 0.2) is 0 Å². The van der Waals surface area contributed by atoms with Crippen LogP contribution in [0.25, 0.3) is 0 Å². The Morgan fingerprint density at radius 1 is 1.07 bits per heavy atom. The molecule has 6 rings (SSSR count). The first kappa shape index (κ1) is 19.8. The average Bonchev–Trinajstić information content (AvgIpc) is 2.72. The highest BCUT2D eigenvalue weighted by atomic mass is 32.1. The van der Waals surface area contributed by atoms with Crippen molar-refractivity contribution >= 4 is 17.2 Å². The van der Waals surface area contributed by atoms with Crippen LogP contribution in [0.15, 0.2) is 42.0 Å². The van der Waals surface area contributed by atoms with Crippen LogP contribution < -0.4 is 11.1 Å². The van der Waals surface area contributed by atoms with Gasteiger partial charge >= 0.3 is 0 Å². The van der Waals surface area contributed by atoms with Crippen molar-refractivity contribution in [3.05, 3.63) is 47.5 Å². The van der Waals surface area contributed by atoms with Crippen LogP contribution >= 0.6 is 12.2 Å². The van der Waals surface area contributed by atoms with Crippen LogP contribution in [0.2, 0.25) is 0 Å². The van der Waals surface area contributed by atoms with Crippen LogP contribution in [0.3, 0.4) is 0 Å². The summed E-state index contributed by atoms with van der Waals surface area (Å²) in [6.07, 6.45) is 14.8. The highest BCUT2D eigenvalue weighted by Crippen LogP contribution is 2.67. The molecule has 5 aliphatic carbocycles. The summed E-state index contributed by atoms with van der Waals surface area (Å²) >= 11 is 6.20. The van der Waals surface area contributed by atoms with Gasteiger partial charge in [-0.2, -0.15) is 0 Å². The van der Waals surface area contributed by atoms with Gasteiger partial charge in [0.2, 0.25) is 0 Å². The lowest BCUT2D eigenvalue weighted by Gasteiger charge is -2.63. The fourth-order valence-electron chi connectivity index (χ4n) is 7.51. The van der Waals surface area contributed by atoms with E-state index < -0.39 is 0 Å². The monoisotopic (exact) mass is 408 g/mol. The minimum atomic E-state index is 0.196. The third kappa shape index (κ3) is 3.39. The van der Waals surface area contributed by atoms with Crippen LogP contribution in [-0.2, 0) is 5.41 Å². The molecule has 0 heterocycles. The first-order valence-electron chi connectivity index (χ1n) is 11.9. The summed E-state index contributed by atoms with van der Waals surface area (Å²) in [6.45, 7) is 2.29. The molecule has 3 N–H and O–H groups in total. The summed E-state index contributed by atoms with van der Waals surface area (Å²) < 4.78 is 0. The molecule has 4 bridgehead atoms. The van der Waals surface area contributed by atoms with Gasteiger partial charge in [-0.1, -0.05) is 61.1 Å². The maximum atomic E-state index is 6.20. The predicted octanol–water partition coefficient (Wildman–Crippen LogP) is 5.66. The van der Waals surface area contributed by atoms with E-state index in [-0.39, 0.29) is 5.41 Å². The van der Waals surface area contributed by atoms with Gasteiger partial charge in [-0.25, -0.2) is 0 Å². The molecule has 1 aromatic rings. The molecule has 2 nitrogen and oxygen atoms in total. The largest absolute Gasteiger partial charge is 0.376 e. The van der Waals surface area contributed by atoms with E-state index in [4.69, 9.17) is 18.0 Å². The Bertz CT molecular complexity index is 772. The Kier molecular flexibility index (Phi) is 5.11. The third-order valence-electron chi connectivity index (χ3n) is 8.58. The van der Waals surface area contributed by atoms with Crippen molar-refractivity contribution in [2.24, 2.45) is 23.0 Å². The van der Waals surface area contributed by atoms with Crippen LogP contribution in [0.5, 0.6) is 0 Å². The number of hydrogen-bond acceptors (Lipinski definition) is 2. The summed E-state index contributed by atoms with van der Waals surface area (Å²) in [7, 11) is 0. The van der Waals surface area contributed by atoms with Crippen molar-refractivity contribution < 1.29 is 0 Å². The molecule has 0 spiro atoms. The second-order valence-electron chi connectivity index (χ2n) is 10.5.